The molecule has 0 saturated heterocycles. The van der Waals surface area contributed by atoms with Crippen molar-refractivity contribution in [3.63, 3.8) is 0 Å². The molecule has 0 spiro atoms. The lowest BCUT2D eigenvalue weighted by Gasteiger charge is -2.50. The molecular formula is C40H29F5O5. The quantitative estimate of drug-likeness (QED) is 0.0587. The van der Waals surface area contributed by atoms with Crippen LogP contribution in [0.2, 0.25) is 0 Å². The maximum atomic E-state index is 14.9. The molecule has 5 aromatic rings. The Kier molecular flexibility index (Phi) is 7.81. The van der Waals surface area contributed by atoms with Crippen molar-refractivity contribution in [3.8, 4) is 17.2 Å². The van der Waals surface area contributed by atoms with Gasteiger partial charge in [-0.15, -0.1) is 0 Å². The van der Waals surface area contributed by atoms with Gasteiger partial charge in [-0.1, -0.05) is 66.2 Å². The van der Waals surface area contributed by atoms with Gasteiger partial charge in [0.2, 0.25) is 5.82 Å². The van der Waals surface area contributed by atoms with Gasteiger partial charge in [0.05, 0.1) is 10.8 Å². The predicted octanol–water partition coefficient (Wildman–Crippen LogP) is 9.08. The summed E-state index contributed by atoms with van der Waals surface area (Å²) < 4.78 is 90.2. The number of carbonyl (C=O) groups excluding carboxylic acids is 2. The number of halogens is 5. The number of benzene rings is 5. The van der Waals surface area contributed by atoms with Crippen LogP contribution in [-0.4, -0.2) is 18.5 Å². The second kappa shape index (κ2) is 11.8. The maximum absolute atomic E-state index is 14.9. The molecule has 5 aromatic carbocycles. The van der Waals surface area contributed by atoms with Crippen molar-refractivity contribution >= 4 is 11.9 Å². The normalized spacial score (nSPS) is 17.0. The summed E-state index contributed by atoms with van der Waals surface area (Å²) in [6.07, 6.45) is 0. The van der Waals surface area contributed by atoms with Gasteiger partial charge in [-0.25, -0.2) is 26.7 Å². The van der Waals surface area contributed by atoms with Crippen LogP contribution in [0.15, 0.2) is 84.9 Å². The summed E-state index contributed by atoms with van der Waals surface area (Å²) in [4.78, 5) is 26.8. The summed E-state index contributed by atoms with van der Waals surface area (Å²) in [7, 11) is 0. The highest BCUT2D eigenvalue weighted by Crippen LogP contribution is 2.63. The highest BCUT2D eigenvalue weighted by molar-refractivity contribution is 5.93. The van der Waals surface area contributed by atoms with E-state index in [0.717, 1.165) is 27.8 Å². The Bertz CT molecular complexity index is 2150. The van der Waals surface area contributed by atoms with Gasteiger partial charge in [0.1, 0.15) is 29.4 Å². The van der Waals surface area contributed by atoms with Crippen LogP contribution in [0.1, 0.15) is 76.0 Å². The molecule has 0 atom stereocenters. The largest absolute Gasteiger partial charge is 0.492 e. The molecule has 0 heterocycles. The lowest BCUT2D eigenvalue weighted by molar-refractivity contribution is -0.143. The van der Waals surface area contributed by atoms with E-state index in [9.17, 15) is 31.5 Å². The minimum atomic E-state index is -2.41. The number of esters is 2. The van der Waals surface area contributed by atoms with E-state index in [-0.39, 0.29) is 23.7 Å². The van der Waals surface area contributed by atoms with Crippen LogP contribution in [0.5, 0.6) is 17.2 Å². The molecule has 0 fully saturated rings. The standard InChI is InChI=1S/C40H29F5O5/c1-20-13-15-21(16-14-20)48-19-40-24-11-7-5-9-22(24)28(23-10-6-8-12-25(23)40)29-26(50-38(47)39(2,3)4)17-18-27(31(29)40)49-37(46)30-32(41)34(43)36(45)35(44)33(30)42/h5-18,28H,19H2,1-4H3. The van der Waals surface area contributed by atoms with E-state index >= 15 is 0 Å². The third kappa shape index (κ3) is 4.96. The minimum Gasteiger partial charge on any atom is -0.492 e. The zero-order valence-electron chi connectivity index (χ0n) is 27.3. The van der Waals surface area contributed by atoms with Crippen molar-refractivity contribution in [2.24, 2.45) is 5.41 Å². The van der Waals surface area contributed by atoms with Crippen LogP contribution >= 0.6 is 0 Å². The number of hydrogen-bond donors (Lipinski definition) is 0. The molecule has 2 bridgehead atoms. The lowest BCUT2D eigenvalue weighted by Crippen LogP contribution is -2.47. The van der Waals surface area contributed by atoms with Crippen LogP contribution in [0.4, 0.5) is 22.0 Å². The topological polar surface area (TPSA) is 61.8 Å². The maximum Gasteiger partial charge on any atom is 0.349 e. The molecule has 0 saturated carbocycles. The molecule has 0 amide bonds. The first kappa shape index (κ1) is 33.0. The molecule has 0 unspecified atom stereocenters. The molecule has 0 aliphatic heterocycles. The average molecular weight is 685 g/mol. The van der Waals surface area contributed by atoms with E-state index in [1.54, 1.807) is 32.9 Å². The number of aryl methyl sites for hydroxylation is 1. The van der Waals surface area contributed by atoms with Crippen molar-refractivity contribution in [1.29, 1.82) is 0 Å². The van der Waals surface area contributed by atoms with Gasteiger partial charge in [0.25, 0.3) is 0 Å². The van der Waals surface area contributed by atoms with Gasteiger partial charge in [-0.05, 0) is 74.2 Å². The highest BCUT2D eigenvalue weighted by atomic mass is 19.2. The van der Waals surface area contributed by atoms with Crippen LogP contribution in [0.25, 0.3) is 0 Å². The predicted molar refractivity (Wildman–Crippen MR) is 173 cm³/mol. The van der Waals surface area contributed by atoms with Crippen molar-refractivity contribution in [2.45, 2.75) is 39.0 Å². The van der Waals surface area contributed by atoms with Gasteiger partial charge in [-0.3, -0.25) is 4.79 Å². The van der Waals surface area contributed by atoms with Crippen molar-refractivity contribution in [1.82, 2.24) is 0 Å². The Morgan fingerprint density at radius 2 is 1.20 bits per heavy atom. The molecular weight excluding hydrogens is 655 g/mol. The fourth-order valence-corrected chi connectivity index (χ4v) is 6.89. The van der Waals surface area contributed by atoms with E-state index in [4.69, 9.17) is 14.2 Å². The van der Waals surface area contributed by atoms with Crippen LogP contribution in [0.3, 0.4) is 0 Å². The summed E-state index contributed by atoms with van der Waals surface area (Å²) in [5.74, 6) is -14.2. The number of rotatable bonds is 6. The first-order valence-electron chi connectivity index (χ1n) is 15.8. The minimum absolute atomic E-state index is 0.0897. The van der Waals surface area contributed by atoms with Gasteiger partial charge in [0.15, 0.2) is 23.3 Å². The van der Waals surface area contributed by atoms with Gasteiger partial charge < -0.3 is 14.2 Å². The van der Waals surface area contributed by atoms with Crippen LogP contribution in [0, 0.1) is 41.4 Å². The van der Waals surface area contributed by atoms with Gasteiger partial charge in [-0.2, -0.15) is 0 Å². The van der Waals surface area contributed by atoms with E-state index in [2.05, 4.69) is 0 Å². The summed E-state index contributed by atoms with van der Waals surface area (Å²) in [5.41, 5.74) is 0.973. The second-order valence-electron chi connectivity index (χ2n) is 13.4. The fraction of sp³-hybridized carbons (Fsp3) is 0.200. The number of hydrogen-bond acceptors (Lipinski definition) is 5. The zero-order valence-corrected chi connectivity index (χ0v) is 27.3. The van der Waals surface area contributed by atoms with E-state index in [1.165, 1.54) is 12.1 Å². The van der Waals surface area contributed by atoms with Gasteiger partial charge >= 0.3 is 11.9 Å². The van der Waals surface area contributed by atoms with E-state index < -0.39 is 63.3 Å². The van der Waals surface area contributed by atoms with Crippen molar-refractivity contribution in [3.05, 3.63) is 159 Å². The third-order valence-corrected chi connectivity index (χ3v) is 9.25. The molecule has 3 aliphatic rings. The smallest absolute Gasteiger partial charge is 0.349 e. The molecule has 254 valence electrons. The molecule has 3 aliphatic carbocycles. The third-order valence-electron chi connectivity index (χ3n) is 9.25. The monoisotopic (exact) mass is 684 g/mol. The Hall–Kier alpha value is -5.51. The molecule has 0 aromatic heterocycles. The second-order valence-corrected chi connectivity index (χ2v) is 13.4. The SMILES string of the molecule is Cc1ccc(OCC23c4ccccc4C(c4ccccc42)c2c(OC(=O)C(C)(C)C)ccc(OC(=O)c4c(F)c(F)c(F)c(F)c4F)c23)cc1. The van der Waals surface area contributed by atoms with Crippen LogP contribution in [-0.2, 0) is 10.2 Å². The van der Waals surface area contributed by atoms with Crippen molar-refractivity contribution < 1.29 is 45.8 Å². The van der Waals surface area contributed by atoms with E-state index in [0.29, 0.717) is 11.3 Å². The average Bonchev–Trinajstić information content (AvgIpc) is 3.10. The first-order chi connectivity index (χ1) is 23.8. The summed E-state index contributed by atoms with van der Waals surface area (Å²) in [5, 5.41) is 0. The Morgan fingerprint density at radius 3 is 1.76 bits per heavy atom. The molecule has 10 heteroatoms. The molecule has 50 heavy (non-hydrogen) atoms. The first-order valence-corrected chi connectivity index (χ1v) is 15.8. The summed E-state index contributed by atoms with van der Waals surface area (Å²) in [6, 6.07) is 25.1. The van der Waals surface area contributed by atoms with Crippen molar-refractivity contribution in [2.75, 3.05) is 6.61 Å². The Morgan fingerprint density at radius 1 is 0.680 bits per heavy atom. The Balaban J connectivity index is 1.50. The lowest BCUT2D eigenvalue weighted by atomic mass is 9.53. The highest BCUT2D eigenvalue weighted by Gasteiger charge is 2.55. The van der Waals surface area contributed by atoms with Gasteiger partial charge in [0, 0.05) is 17.0 Å². The fourth-order valence-electron chi connectivity index (χ4n) is 6.89. The van der Waals surface area contributed by atoms with E-state index in [1.807, 2.05) is 67.6 Å². The number of ether oxygens (including phenoxy) is 3. The zero-order chi connectivity index (χ0) is 35.7. The molecule has 5 nitrogen and oxygen atoms in total. The summed E-state index contributed by atoms with van der Waals surface area (Å²) in [6.45, 7) is 6.91. The number of carbonyl (C=O) groups is 2. The molecule has 0 radical (unpaired) electrons. The Labute approximate surface area is 284 Å². The molecule has 8 rings (SSSR count). The van der Waals surface area contributed by atoms with Crippen LogP contribution < -0.4 is 14.2 Å². The summed E-state index contributed by atoms with van der Waals surface area (Å²) >= 11 is 0. The molecule has 0 N–H and O–H groups in total.